The van der Waals surface area contributed by atoms with E-state index in [9.17, 15) is 17.6 Å². The van der Waals surface area contributed by atoms with Gasteiger partial charge in [0.05, 0.1) is 11.4 Å². The summed E-state index contributed by atoms with van der Waals surface area (Å²) in [5.74, 6) is -0.854. The maximum atomic E-state index is 13.1. The second-order valence-electron chi connectivity index (χ2n) is 5.81. The van der Waals surface area contributed by atoms with E-state index in [4.69, 9.17) is 0 Å². The summed E-state index contributed by atoms with van der Waals surface area (Å²) >= 11 is 0. The first-order valence-corrected chi connectivity index (χ1v) is 9.46. The summed E-state index contributed by atoms with van der Waals surface area (Å²) in [6, 6.07) is 11.9. The highest BCUT2D eigenvalue weighted by Crippen LogP contribution is 2.19. The van der Waals surface area contributed by atoms with E-state index in [0.717, 1.165) is 9.87 Å². The molecule has 0 saturated heterocycles. The lowest BCUT2D eigenvalue weighted by molar-refractivity contribution is -0.121. The summed E-state index contributed by atoms with van der Waals surface area (Å²) in [4.78, 5) is 12.2. The predicted octanol–water partition coefficient (Wildman–Crippen LogP) is 2.63. The van der Waals surface area contributed by atoms with E-state index in [2.05, 4.69) is 11.9 Å². The third kappa shape index (κ3) is 5.24. The molecule has 0 unspecified atom stereocenters. The molecule has 0 atom stereocenters. The summed E-state index contributed by atoms with van der Waals surface area (Å²) < 4.78 is 40.1. The van der Waals surface area contributed by atoms with E-state index >= 15 is 0 Å². The van der Waals surface area contributed by atoms with Gasteiger partial charge in [-0.2, -0.15) is 4.31 Å². The van der Waals surface area contributed by atoms with Crippen molar-refractivity contribution in [2.24, 2.45) is 0 Å². The Bertz CT molecular complexity index is 863. The van der Waals surface area contributed by atoms with Crippen LogP contribution in [0, 0.1) is 12.7 Å². The molecule has 0 saturated carbocycles. The minimum atomic E-state index is -3.89. The van der Waals surface area contributed by atoms with Crippen LogP contribution in [-0.2, 0) is 21.4 Å². The Morgan fingerprint density at radius 1 is 1.15 bits per heavy atom. The molecule has 1 N–H and O–H groups in total. The average Bonchev–Trinajstić information content (AvgIpc) is 2.61. The van der Waals surface area contributed by atoms with E-state index < -0.39 is 21.7 Å². The normalized spacial score (nSPS) is 11.3. The second-order valence-corrected chi connectivity index (χ2v) is 7.74. The Morgan fingerprint density at radius 3 is 2.35 bits per heavy atom. The largest absolute Gasteiger partial charge is 0.351 e. The fourth-order valence-corrected chi connectivity index (χ4v) is 3.67. The standard InChI is InChI=1S/C19H21FN2O3S/c1-3-12-21-19(23)14-22(13-16-6-8-17(20)9-7-16)26(24,25)18-10-4-15(2)5-11-18/h3-11H,1,12-14H2,2H3,(H,21,23). The van der Waals surface area contributed by atoms with Gasteiger partial charge in [0.25, 0.3) is 0 Å². The number of halogens is 1. The van der Waals surface area contributed by atoms with E-state index in [0.29, 0.717) is 5.56 Å². The molecule has 138 valence electrons. The minimum Gasteiger partial charge on any atom is -0.351 e. The second kappa shape index (κ2) is 8.73. The van der Waals surface area contributed by atoms with Crippen molar-refractivity contribution < 1.29 is 17.6 Å². The van der Waals surface area contributed by atoms with Crippen molar-refractivity contribution in [1.82, 2.24) is 9.62 Å². The van der Waals surface area contributed by atoms with Gasteiger partial charge in [-0.3, -0.25) is 4.79 Å². The zero-order valence-electron chi connectivity index (χ0n) is 14.5. The lowest BCUT2D eigenvalue weighted by Gasteiger charge is -2.22. The Morgan fingerprint density at radius 2 is 1.77 bits per heavy atom. The maximum Gasteiger partial charge on any atom is 0.243 e. The molecular weight excluding hydrogens is 355 g/mol. The van der Waals surface area contributed by atoms with E-state index in [1.807, 2.05) is 6.92 Å². The van der Waals surface area contributed by atoms with Crippen LogP contribution in [0.5, 0.6) is 0 Å². The predicted molar refractivity (Wildman–Crippen MR) is 98.4 cm³/mol. The van der Waals surface area contributed by atoms with E-state index in [-0.39, 0.29) is 24.5 Å². The number of aryl methyl sites for hydroxylation is 1. The van der Waals surface area contributed by atoms with Gasteiger partial charge >= 0.3 is 0 Å². The number of carbonyl (C=O) groups is 1. The van der Waals surface area contributed by atoms with Crippen molar-refractivity contribution in [2.45, 2.75) is 18.4 Å². The number of rotatable bonds is 8. The van der Waals surface area contributed by atoms with Gasteiger partial charge in [0, 0.05) is 13.1 Å². The molecule has 0 fully saturated rings. The summed E-state index contributed by atoms with van der Waals surface area (Å²) in [6.45, 7) is 5.22. The van der Waals surface area contributed by atoms with Crippen LogP contribution in [0.1, 0.15) is 11.1 Å². The molecule has 1 amide bonds. The Labute approximate surface area is 153 Å². The fraction of sp³-hybridized carbons (Fsp3) is 0.211. The highest BCUT2D eigenvalue weighted by molar-refractivity contribution is 7.89. The fourth-order valence-electron chi connectivity index (χ4n) is 2.28. The molecule has 0 aliphatic rings. The molecule has 0 bridgehead atoms. The van der Waals surface area contributed by atoms with Gasteiger partial charge < -0.3 is 5.32 Å². The lowest BCUT2D eigenvalue weighted by Crippen LogP contribution is -2.40. The third-order valence-corrected chi connectivity index (χ3v) is 5.50. The molecule has 2 aromatic carbocycles. The van der Waals surface area contributed by atoms with Crippen LogP contribution in [0.2, 0.25) is 0 Å². The number of carbonyl (C=O) groups excluding carboxylic acids is 1. The number of hydrogen-bond acceptors (Lipinski definition) is 3. The van der Waals surface area contributed by atoms with E-state index in [1.54, 1.807) is 12.1 Å². The van der Waals surface area contributed by atoms with Gasteiger partial charge in [-0.1, -0.05) is 35.9 Å². The molecule has 2 aromatic rings. The molecule has 7 heteroatoms. The van der Waals surface area contributed by atoms with Crippen molar-refractivity contribution >= 4 is 15.9 Å². The van der Waals surface area contributed by atoms with Crippen LogP contribution in [-0.4, -0.2) is 31.7 Å². The number of sulfonamides is 1. The molecule has 0 aromatic heterocycles. The summed E-state index contributed by atoms with van der Waals surface area (Å²) in [5.41, 5.74) is 1.51. The molecule has 0 aliphatic carbocycles. The quantitative estimate of drug-likeness (QED) is 0.720. The molecule has 0 aliphatic heterocycles. The summed E-state index contributed by atoms with van der Waals surface area (Å²) in [7, 11) is -3.89. The van der Waals surface area contributed by atoms with Gasteiger partial charge in [-0.15, -0.1) is 6.58 Å². The van der Waals surface area contributed by atoms with Crippen molar-refractivity contribution in [1.29, 1.82) is 0 Å². The third-order valence-electron chi connectivity index (χ3n) is 3.69. The van der Waals surface area contributed by atoms with Crippen LogP contribution in [0.25, 0.3) is 0 Å². The molecule has 0 heterocycles. The molecule has 2 rings (SSSR count). The SMILES string of the molecule is C=CCNC(=O)CN(Cc1ccc(F)cc1)S(=O)(=O)c1ccc(C)cc1. The molecular formula is C19H21FN2O3S. The first-order valence-electron chi connectivity index (χ1n) is 8.02. The van der Waals surface area contributed by atoms with Crippen LogP contribution in [0.4, 0.5) is 4.39 Å². The van der Waals surface area contributed by atoms with Crippen LogP contribution in [0.15, 0.2) is 66.1 Å². The number of nitrogens with one attached hydrogen (secondary N) is 1. The highest BCUT2D eigenvalue weighted by atomic mass is 32.2. The maximum absolute atomic E-state index is 13.1. The van der Waals surface area contributed by atoms with Crippen molar-refractivity contribution in [3.63, 3.8) is 0 Å². The number of amides is 1. The Kier molecular flexibility index (Phi) is 6.65. The number of hydrogen-bond donors (Lipinski definition) is 1. The number of benzene rings is 2. The van der Waals surface area contributed by atoms with Gasteiger partial charge in [0.15, 0.2) is 0 Å². The first kappa shape index (κ1) is 19.8. The van der Waals surface area contributed by atoms with Crippen LogP contribution < -0.4 is 5.32 Å². The molecule has 0 radical (unpaired) electrons. The van der Waals surface area contributed by atoms with Gasteiger partial charge in [0.1, 0.15) is 5.82 Å². The smallest absolute Gasteiger partial charge is 0.243 e. The van der Waals surface area contributed by atoms with E-state index in [1.165, 1.54) is 42.5 Å². The topological polar surface area (TPSA) is 66.5 Å². The van der Waals surface area contributed by atoms with Crippen molar-refractivity contribution in [2.75, 3.05) is 13.1 Å². The van der Waals surface area contributed by atoms with Crippen LogP contribution in [0.3, 0.4) is 0 Å². The lowest BCUT2D eigenvalue weighted by atomic mass is 10.2. The summed E-state index contributed by atoms with van der Waals surface area (Å²) in [5, 5.41) is 2.57. The molecule has 0 spiro atoms. The highest BCUT2D eigenvalue weighted by Gasteiger charge is 2.26. The Hall–Kier alpha value is -2.51. The molecule has 26 heavy (non-hydrogen) atoms. The van der Waals surface area contributed by atoms with Crippen molar-refractivity contribution in [3.05, 3.63) is 78.1 Å². The van der Waals surface area contributed by atoms with Gasteiger partial charge in [-0.05, 0) is 36.8 Å². The monoisotopic (exact) mass is 376 g/mol. The Balaban J connectivity index is 2.31. The molecule has 5 nitrogen and oxygen atoms in total. The summed E-state index contributed by atoms with van der Waals surface area (Å²) in [6.07, 6.45) is 1.51. The van der Waals surface area contributed by atoms with Gasteiger partial charge in [0.2, 0.25) is 15.9 Å². The van der Waals surface area contributed by atoms with Crippen molar-refractivity contribution in [3.8, 4) is 0 Å². The first-order chi connectivity index (χ1) is 12.3. The average molecular weight is 376 g/mol. The van der Waals surface area contributed by atoms with Gasteiger partial charge in [-0.25, -0.2) is 12.8 Å². The zero-order valence-corrected chi connectivity index (χ0v) is 15.3. The minimum absolute atomic E-state index is 0.0437. The zero-order chi connectivity index (χ0) is 19.2. The van der Waals surface area contributed by atoms with Crippen LogP contribution >= 0.6 is 0 Å². The number of nitrogens with zero attached hydrogens (tertiary/aromatic N) is 1.